The van der Waals surface area contributed by atoms with Crippen LogP contribution >= 0.6 is 0 Å². The minimum absolute atomic E-state index is 0.136. The van der Waals surface area contributed by atoms with Crippen LogP contribution in [0.2, 0.25) is 0 Å². The van der Waals surface area contributed by atoms with E-state index in [9.17, 15) is 9.18 Å². The number of methoxy groups -OCH3 is 2. The van der Waals surface area contributed by atoms with Crippen LogP contribution in [-0.2, 0) is 22.5 Å². The lowest BCUT2D eigenvalue weighted by Crippen LogP contribution is -2.25. The molecule has 3 aromatic rings. The number of halogens is 1. The average molecular weight is 494 g/mol. The molecular formula is C29H36FN3O3. The van der Waals surface area contributed by atoms with Crippen molar-refractivity contribution in [2.75, 3.05) is 33.9 Å². The number of carbonyl (C=O) groups excluding carboxylic acids is 1. The number of aromatic nitrogens is 2. The van der Waals surface area contributed by atoms with E-state index in [1.165, 1.54) is 18.7 Å². The second kappa shape index (κ2) is 11.8. The summed E-state index contributed by atoms with van der Waals surface area (Å²) < 4.78 is 26.5. The van der Waals surface area contributed by atoms with Crippen molar-refractivity contribution in [1.29, 1.82) is 0 Å². The zero-order chi connectivity index (χ0) is 25.7. The van der Waals surface area contributed by atoms with E-state index in [0.717, 1.165) is 43.7 Å². The molecule has 0 bridgehead atoms. The Balaban J connectivity index is 1.55. The molecule has 4 rings (SSSR count). The van der Waals surface area contributed by atoms with Gasteiger partial charge in [-0.05, 0) is 42.5 Å². The lowest BCUT2D eigenvalue weighted by Gasteiger charge is -2.15. The lowest BCUT2D eigenvalue weighted by atomic mass is 10.1. The number of hydrogen-bond donors (Lipinski definition) is 0. The van der Waals surface area contributed by atoms with Crippen molar-refractivity contribution in [3.05, 3.63) is 60.0 Å². The maximum absolute atomic E-state index is 14.0. The van der Waals surface area contributed by atoms with Gasteiger partial charge in [0.25, 0.3) is 0 Å². The molecule has 0 saturated carbocycles. The molecule has 1 fully saturated rings. The van der Waals surface area contributed by atoms with Crippen molar-refractivity contribution < 1.29 is 18.7 Å². The van der Waals surface area contributed by atoms with Gasteiger partial charge in [0.05, 0.1) is 25.5 Å². The Labute approximate surface area is 213 Å². The largest absolute Gasteiger partial charge is 0.494 e. The van der Waals surface area contributed by atoms with Crippen LogP contribution in [0.3, 0.4) is 0 Å². The summed E-state index contributed by atoms with van der Waals surface area (Å²) in [5.74, 6) is 0.751. The Morgan fingerprint density at radius 1 is 1.14 bits per heavy atom. The van der Waals surface area contributed by atoms with Crippen molar-refractivity contribution in [3.8, 4) is 28.4 Å². The first-order chi connectivity index (χ1) is 17.4. The highest BCUT2D eigenvalue weighted by atomic mass is 19.1. The first-order valence-electron chi connectivity index (χ1n) is 12.6. The highest BCUT2D eigenvalue weighted by Gasteiger charge is 2.21. The fourth-order valence-corrected chi connectivity index (χ4v) is 4.74. The van der Waals surface area contributed by atoms with Crippen LogP contribution < -0.4 is 4.74 Å². The van der Waals surface area contributed by atoms with Crippen LogP contribution in [0.5, 0.6) is 5.75 Å². The summed E-state index contributed by atoms with van der Waals surface area (Å²) in [5, 5.41) is 0. The average Bonchev–Trinajstić information content (AvgIpc) is 3.50. The van der Waals surface area contributed by atoms with Gasteiger partial charge >= 0.3 is 0 Å². The number of benzene rings is 2. The molecule has 0 amide bonds. The molecule has 2 heterocycles. The number of Topliss-reactive ketones (excluding diaryl/α,β-unsaturated/α-hetero) is 1. The zero-order valence-corrected chi connectivity index (χ0v) is 21.7. The summed E-state index contributed by atoms with van der Waals surface area (Å²) in [7, 11) is 3.22. The predicted molar refractivity (Wildman–Crippen MR) is 140 cm³/mol. The van der Waals surface area contributed by atoms with Crippen LogP contribution in [0, 0.1) is 11.7 Å². The van der Waals surface area contributed by atoms with E-state index in [-0.39, 0.29) is 24.0 Å². The fourth-order valence-electron chi connectivity index (χ4n) is 4.74. The Morgan fingerprint density at radius 2 is 1.89 bits per heavy atom. The van der Waals surface area contributed by atoms with Crippen LogP contribution in [0.25, 0.3) is 22.6 Å². The lowest BCUT2D eigenvalue weighted by molar-refractivity contribution is -0.120. The van der Waals surface area contributed by atoms with Crippen molar-refractivity contribution in [2.45, 2.75) is 45.8 Å². The summed E-state index contributed by atoms with van der Waals surface area (Å²) in [5.41, 5.74) is 3.73. The first kappa shape index (κ1) is 26.0. The summed E-state index contributed by atoms with van der Waals surface area (Å²) in [6.07, 6.45) is 4.84. The monoisotopic (exact) mass is 493 g/mol. The molecule has 6 nitrogen and oxygen atoms in total. The second-order valence-corrected chi connectivity index (χ2v) is 9.96. The number of nitrogens with zero attached hydrogens (tertiary/aromatic N) is 3. The van der Waals surface area contributed by atoms with E-state index in [1.807, 2.05) is 24.6 Å². The third kappa shape index (κ3) is 6.39. The minimum Gasteiger partial charge on any atom is -0.494 e. The molecule has 0 spiro atoms. The highest BCUT2D eigenvalue weighted by Crippen LogP contribution is 2.29. The third-order valence-electron chi connectivity index (χ3n) is 6.70. The number of likely N-dealkylation sites (tertiary alicyclic amines) is 1. The maximum atomic E-state index is 14.0. The molecule has 192 valence electrons. The summed E-state index contributed by atoms with van der Waals surface area (Å²) >= 11 is 0. The van der Waals surface area contributed by atoms with Crippen molar-refractivity contribution in [2.24, 2.45) is 5.92 Å². The molecular weight excluding hydrogens is 457 g/mol. The van der Waals surface area contributed by atoms with Gasteiger partial charge in [0, 0.05) is 50.5 Å². The van der Waals surface area contributed by atoms with Crippen molar-refractivity contribution >= 4 is 5.78 Å². The number of rotatable bonds is 11. The molecule has 2 aromatic carbocycles. The van der Waals surface area contributed by atoms with Crippen molar-refractivity contribution in [1.82, 2.24) is 14.5 Å². The van der Waals surface area contributed by atoms with E-state index >= 15 is 0 Å². The van der Waals surface area contributed by atoms with E-state index in [1.54, 1.807) is 19.2 Å². The van der Waals surface area contributed by atoms with Gasteiger partial charge in [-0.1, -0.05) is 38.1 Å². The molecule has 1 aromatic heterocycles. The molecule has 36 heavy (non-hydrogen) atoms. The Hall–Kier alpha value is -3.03. The van der Waals surface area contributed by atoms with Crippen LogP contribution in [-0.4, -0.2) is 60.2 Å². The topological polar surface area (TPSA) is 56.6 Å². The molecule has 1 atom stereocenters. The standard InChI is InChI=1S/C29H36FN3O3/c1-20(2)15-24(34)17-33-19-27(31-29(33)23-9-10-26(30)28(16-23)36-4)22-7-5-21(6-8-22)11-13-32-14-12-25(18-32)35-3/h5-10,16,19-20,25H,11-15,17-18H2,1-4H3. The smallest absolute Gasteiger partial charge is 0.165 e. The van der Waals surface area contributed by atoms with E-state index in [2.05, 4.69) is 29.2 Å². The maximum Gasteiger partial charge on any atom is 0.165 e. The van der Waals surface area contributed by atoms with Gasteiger partial charge in [-0.15, -0.1) is 0 Å². The van der Waals surface area contributed by atoms with E-state index < -0.39 is 5.82 Å². The van der Waals surface area contributed by atoms with Crippen molar-refractivity contribution in [3.63, 3.8) is 0 Å². The molecule has 1 aliphatic rings. The molecule has 1 saturated heterocycles. The minimum atomic E-state index is -0.433. The SMILES string of the molecule is COc1cc(-c2nc(-c3ccc(CCN4CCC(OC)C4)cc3)cn2CC(=O)CC(C)C)ccc1F. The zero-order valence-electron chi connectivity index (χ0n) is 21.7. The molecule has 7 heteroatoms. The van der Waals surface area contributed by atoms with E-state index in [4.69, 9.17) is 14.5 Å². The summed E-state index contributed by atoms with van der Waals surface area (Å²) in [6.45, 7) is 7.38. The number of hydrogen-bond acceptors (Lipinski definition) is 5. The van der Waals surface area contributed by atoms with Gasteiger partial charge in [0.2, 0.25) is 0 Å². The molecule has 0 radical (unpaired) electrons. The van der Waals surface area contributed by atoms with Gasteiger partial charge < -0.3 is 18.9 Å². The number of imidazole rings is 1. The fraction of sp³-hybridized carbons (Fsp3) is 0.448. The third-order valence-corrected chi connectivity index (χ3v) is 6.70. The normalized spacial score (nSPS) is 16.1. The molecule has 0 N–H and O–H groups in total. The van der Waals surface area contributed by atoms with Gasteiger partial charge in [-0.3, -0.25) is 4.79 Å². The Kier molecular flexibility index (Phi) is 8.54. The Morgan fingerprint density at radius 3 is 2.56 bits per heavy atom. The molecule has 1 aliphatic heterocycles. The van der Waals surface area contributed by atoms with Crippen LogP contribution in [0.15, 0.2) is 48.7 Å². The van der Waals surface area contributed by atoms with Gasteiger partial charge in [-0.2, -0.15) is 0 Å². The Bertz CT molecular complexity index is 1170. The number of ketones is 1. The first-order valence-corrected chi connectivity index (χ1v) is 12.6. The number of ether oxygens (including phenoxy) is 2. The van der Waals surface area contributed by atoms with Gasteiger partial charge in [-0.25, -0.2) is 9.37 Å². The molecule has 0 aliphatic carbocycles. The van der Waals surface area contributed by atoms with E-state index in [0.29, 0.717) is 23.9 Å². The number of carbonyl (C=O) groups is 1. The van der Waals surface area contributed by atoms with Gasteiger partial charge in [0.15, 0.2) is 17.3 Å². The quantitative estimate of drug-likeness (QED) is 0.366. The van der Waals surface area contributed by atoms with Crippen LogP contribution in [0.4, 0.5) is 4.39 Å². The summed E-state index contributed by atoms with van der Waals surface area (Å²) in [4.78, 5) is 19.9. The molecule has 1 unspecified atom stereocenters. The van der Waals surface area contributed by atoms with Gasteiger partial charge in [0.1, 0.15) is 5.82 Å². The summed E-state index contributed by atoms with van der Waals surface area (Å²) in [6, 6.07) is 13.1. The predicted octanol–water partition coefficient (Wildman–Crippen LogP) is 5.24. The second-order valence-electron chi connectivity index (χ2n) is 9.96. The van der Waals surface area contributed by atoms with Crippen LogP contribution in [0.1, 0.15) is 32.3 Å². The highest BCUT2D eigenvalue weighted by molar-refractivity contribution is 5.79.